The third-order valence-corrected chi connectivity index (χ3v) is 4.32. The number of hydrogen-bond acceptors (Lipinski definition) is 3. The smallest absolute Gasteiger partial charge is 0.0638 e. The molecule has 0 bridgehead atoms. The second-order valence-electron chi connectivity index (χ2n) is 5.63. The molecule has 0 aliphatic heterocycles. The number of nitrogens with zero attached hydrogens (tertiary/aromatic N) is 2. The van der Waals surface area contributed by atoms with Crippen molar-refractivity contribution in [1.82, 2.24) is 15.1 Å². The Bertz CT molecular complexity index is 556. The van der Waals surface area contributed by atoms with Crippen molar-refractivity contribution < 1.29 is 5.11 Å². The van der Waals surface area contributed by atoms with Crippen molar-refractivity contribution in [3.05, 3.63) is 42.7 Å². The zero-order valence-electron chi connectivity index (χ0n) is 11.8. The highest BCUT2D eigenvalue weighted by atomic mass is 16.3. The van der Waals surface area contributed by atoms with E-state index < -0.39 is 0 Å². The maximum Gasteiger partial charge on any atom is 0.0638 e. The molecule has 4 nitrogen and oxygen atoms in total. The SMILES string of the molecule is CNC(CO)(Cn1cc(-c2ccccc2)cn1)C1CC1. The summed E-state index contributed by atoms with van der Waals surface area (Å²) in [5.41, 5.74) is 2.05. The van der Waals surface area contributed by atoms with E-state index in [1.54, 1.807) is 0 Å². The lowest BCUT2D eigenvalue weighted by molar-refractivity contribution is 0.126. The van der Waals surface area contributed by atoms with Crippen molar-refractivity contribution in [2.75, 3.05) is 13.7 Å². The van der Waals surface area contributed by atoms with Crippen LogP contribution in [0, 0.1) is 5.92 Å². The van der Waals surface area contributed by atoms with Crippen LogP contribution in [0.2, 0.25) is 0 Å². The Morgan fingerprint density at radius 3 is 2.65 bits per heavy atom. The average molecular weight is 271 g/mol. The van der Waals surface area contributed by atoms with Crippen molar-refractivity contribution >= 4 is 0 Å². The van der Waals surface area contributed by atoms with Crippen LogP contribution in [0.4, 0.5) is 0 Å². The Morgan fingerprint density at radius 1 is 1.30 bits per heavy atom. The van der Waals surface area contributed by atoms with Crippen LogP contribution >= 0.6 is 0 Å². The van der Waals surface area contributed by atoms with Gasteiger partial charge in [0, 0.05) is 11.8 Å². The number of nitrogens with one attached hydrogen (secondary N) is 1. The third kappa shape index (κ3) is 2.49. The summed E-state index contributed by atoms with van der Waals surface area (Å²) in [6.45, 7) is 0.853. The van der Waals surface area contributed by atoms with Gasteiger partial charge in [0.25, 0.3) is 0 Å². The topological polar surface area (TPSA) is 50.1 Å². The zero-order chi connectivity index (χ0) is 14.0. The van der Waals surface area contributed by atoms with E-state index in [2.05, 4.69) is 28.7 Å². The van der Waals surface area contributed by atoms with Crippen molar-refractivity contribution in [3.63, 3.8) is 0 Å². The van der Waals surface area contributed by atoms with Gasteiger partial charge in [-0.2, -0.15) is 5.10 Å². The average Bonchev–Trinajstić information content (AvgIpc) is 3.26. The van der Waals surface area contributed by atoms with E-state index in [1.807, 2.05) is 36.1 Å². The molecule has 106 valence electrons. The molecule has 1 atom stereocenters. The highest BCUT2D eigenvalue weighted by Crippen LogP contribution is 2.40. The minimum absolute atomic E-state index is 0.148. The summed E-state index contributed by atoms with van der Waals surface area (Å²) in [6, 6.07) is 10.2. The van der Waals surface area contributed by atoms with Gasteiger partial charge in [0.05, 0.1) is 24.9 Å². The van der Waals surface area contributed by atoms with Gasteiger partial charge in [-0.05, 0) is 31.4 Å². The fraction of sp³-hybridized carbons (Fsp3) is 0.438. The summed E-state index contributed by atoms with van der Waals surface area (Å²) in [7, 11) is 1.93. The molecule has 1 heterocycles. The van der Waals surface area contributed by atoms with E-state index in [4.69, 9.17) is 0 Å². The van der Waals surface area contributed by atoms with Crippen LogP contribution in [0.1, 0.15) is 12.8 Å². The van der Waals surface area contributed by atoms with E-state index in [0.717, 1.165) is 5.56 Å². The molecular weight excluding hydrogens is 250 g/mol. The first-order valence-electron chi connectivity index (χ1n) is 7.15. The van der Waals surface area contributed by atoms with Crippen LogP contribution in [0.25, 0.3) is 11.1 Å². The van der Waals surface area contributed by atoms with Gasteiger partial charge in [0.15, 0.2) is 0 Å². The van der Waals surface area contributed by atoms with Crippen molar-refractivity contribution in [1.29, 1.82) is 0 Å². The van der Waals surface area contributed by atoms with Gasteiger partial charge < -0.3 is 10.4 Å². The van der Waals surface area contributed by atoms with Gasteiger partial charge in [0.2, 0.25) is 0 Å². The molecule has 2 aromatic rings. The summed E-state index contributed by atoms with van der Waals surface area (Å²) < 4.78 is 1.94. The van der Waals surface area contributed by atoms with E-state index in [9.17, 15) is 5.11 Å². The van der Waals surface area contributed by atoms with E-state index in [1.165, 1.54) is 18.4 Å². The normalized spacial score (nSPS) is 17.9. The molecule has 1 aliphatic carbocycles. The molecule has 1 aliphatic rings. The van der Waals surface area contributed by atoms with Gasteiger partial charge in [-0.1, -0.05) is 30.3 Å². The summed E-state index contributed by atoms with van der Waals surface area (Å²) in [5.74, 6) is 0.557. The third-order valence-electron chi connectivity index (χ3n) is 4.32. The number of benzene rings is 1. The predicted molar refractivity (Wildman–Crippen MR) is 79.3 cm³/mol. The molecule has 0 radical (unpaired) electrons. The molecule has 1 aromatic heterocycles. The van der Waals surface area contributed by atoms with Crippen LogP contribution in [0.15, 0.2) is 42.7 Å². The van der Waals surface area contributed by atoms with E-state index in [-0.39, 0.29) is 12.1 Å². The minimum Gasteiger partial charge on any atom is -0.394 e. The monoisotopic (exact) mass is 271 g/mol. The first kappa shape index (κ1) is 13.3. The molecule has 0 amide bonds. The van der Waals surface area contributed by atoms with Crippen LogP contribution in [-0.4, -0.2) is 34.1 Å². The highest BCUT2D eigenvalue weighted by molar-refractivity contribution is 5.61. The number of aliphatic hydroxyl groups is 1. The Balaban J connectivity index is 1.80. The fourth-order valence-electron chi connectivity index (χ4n) is 2.83. The zero-order valence-corrected chi connectivity index (χ0v) is 11.8. The quantitative estimate of drug-likeness (QED) is 0.844. The first-order valence-corrected chi connectivity index (χ1v) is 7.15. The Hall–Kier alpha value is -1.65. The van der Waals surface area contributed by atoms with Gasteiger partial charge in [-0.15, -0.1) is 0 Å². The Kier molecular flexibility index (Phi) is 3.59. The fourth-order valence-corrected chi connectivity index (χ4v) is 2.83. The Morgan fingerprint density at radius 2 is 2.05 bits per heavy atom. The van der Waals surface area contributed by atoms with Crippen LogP contribution < -0.4 is 5.32 Å². The lowest BCUT2D eigenvalue weighted by atomic mass is 9.94. The summed E-state index contributed by atoms with van der Waals surface area (Å²) in [4.78, 5) is 0. The van der Waals surface area contributed by atoms with Crippen LogP contribution in [0.5, 0.6) is 0 Å². The molecule has 1 unspecified atom stereocenters. The molecule has 0 saturated heterocycles. The van der Waals surface area contributed by atoms with Gasteiger partial charge in [-0.25, -0.2) is 0 Å². The molecular formula is C16H21N3O. The minimum atomic E-state index is -0.236. The summed E-state index contributed by atoms with van der Waals surface area (Å²) >= 11 is 0. The molecule has 0 spiro atoms. The second-order valence-corrected chi connectivity index (χ2v) is 5.63. The maximum absolute atomic E-state index is 9.77. The summed E-state index contributed by atoms with van der Waals surface area (Å²) in [5, 5.41) is 17.5. The second kappa shape index (κ2) is 5.38. The lowest BCUT2D eigenvalue weighted by Crippen LogP contribution is -2.52. The number of hydrogen-bond donors (Lipinski definition) is 2. The standard InChI is InChI=1S/C16H21N3O/c1-17-16(12-20,15-7-8-15)11-19-10-14(9-18-19)13-5-3-2-4-6-13/h2-6,9-10,15,17,20H,7-8,11-12H2,1H3. The van der Waals surface area contributed by atoms with Crippen molar-refractivity contribution in [2.24, 2.45) is 5.92 Å². The number of rotatable bonds is 6. The summed E-state index contributed by atoms with van der Waals surface area (Å²) in [6.07, 6.45) is 6.32. The molecule has 1 saturated carbocycles. The number of aromatic nitrogens is 2. The first-order chi connectivity index (χ1) is 9.77. The Labute approximate surface area is 119 Å². The molecule has 3 rings (SSSR count). The van der Waals surface area contributed by atoms with E-state index in [0.29, 0.717) is 12.5 Å². The molecule has 1 aromatic carbocycles. The lowest BCUT2D eigenvalue weighted by Gasteiger charge is -2.31. The highest BCUT2D eigenvalue weighted by Gasteiger charge is 2.44. The van der Waals surface area contributed by atoms with Gasteiger partial charge in [0.1, 0.15) is 0 Å². The number of likely N-dealkylation sites (N-methyl/N-ethyl adjacent to an activating group) is 1. The van der Waals surface area contributed by atoms with Crippen LogP contribution in [-0.2, 0) is 6.54 Å². The molecule has 20 heavy (non-hydrogen) atoms. The van der Waals surface area contributed by atoms with E-state index >= 15 is 0 Å². The predicted octanol–water partition coefficient (Wildman–Crippen LogP) is 1.91. The van der Waals surface area contributed by atoms with Gasteiger partial charge in [-0.3, -0.25) is 4.68 Å². The largest absolute Gasteiger partial charge is 0.394 e. The molecule has 4 heteroatoms. The van der Waals surface area contributed by atoms with Crippen molar-refractivity contribution in [2.45, 2.75) is 24.9 Å². The van der Waals surface area contributed by atoms with Crippen LogP contribution in [0.3, 0.4) is 0 Å². The van der Waals surface area contributed by atoms with Crippen molar-refractivity contribution in [3.8, 4) is 11.1 Å². The van der Waals surface area contributed by atoms with Gasteiger partial charge >= 0.3 is 0 Å². The number of aliphatic hydroxyl groups excluding tert-OH is 1. The maximum atomic E-state index is 9.77. The molecule has 2 N–H and O–H groups in total. The molecule has 1 fully saturated rings.